The van der Waals surface area contributed by atoms with Crippen LogP contribution in [0.15, 0.2) is 0 Å². The molecule has 0 radical (unpaired) electrons. The molecule has 0 fully saturated rings. The molecule has 0 heterocycles. The lowest BCUT2D eigenvalue weighted by molar-refractivity contribution is 0.0858. The Hall–Kier alpha value is -0.113. The Bertz CT molecular complexity index is 150. The maximum atomic E-state index is 12.6. The van der Waals surface area contributed by atoms with Crippen LogP contribution in [0.25, 0.3) is 0 Å². The highest BCUT2D eigenvalue weighted by Gasteiger charge is 2.42. The highest BCUT2D eigenvalue weighted by atomic mass is 28.4. The molecule has 3 nitrogen and oxygen atoms in total. The summed E-state index contributed by atoms with van der Waals surface area (Å²) in [7, 11) is 1.34. The van der Waals surface area contributed by atoms with Gasteiger partial charge in [0.05, 0.1) is 5.41 Å². The van der Waals surface area contributed by atoms with Gasteiger partial charge < -0.3 is 13.3 Å². The Morgan fingerprint density at radius 2 is 1.25 bits per heavy atom. The van der Waals surface area contributed by atoms with Crippen LogP contribution < -0.4 is 0 Å². The summed E-state index contributed by atoms with van der Waals surface area (Å²) in [5.74, 6) is 0. The molecule has 0 aromatic heterocycles. The van der Waals surface area contributed by atoms with E-state index >= 15 is 0 Å². The van der Waals surface area contributed by atoms with Gasteiger partial charge in [-0.1, -0.05) is 0 Å². The number of hydrogen-bond acceptors (Lipinski definition) is 3. The van der Waals surface area contributed by atoms with E-state index in [9.17, 15) is 13.2 Å². The molecule has 7 heteroatoms. The number of rotatable bonds is 9. The van der Waals surface area contributed by atoms with Crippen molar-refractivity contribution in [3.63, 3.8) is 0 Å². The second-order valence-corrected chi connectivity index (χ2v) is 6.79. The Morgan fingerprint density at radius 1 is 0.875 bits per heavy atom. The van der Waals surface area contributed by atoms with Gasteiger partial charge in [0.2, 0.25) is 0 Å². The number of halogens is 3. The molecule has 0 unspecified atom stereocenters. The molecule has 98 valence electrons. The third kappa shape index (κ3) is 3.72. The average molecular weight is 260 g/mol. The van der Waals surface area contributed by atoms with E-state index in [1.807, 2.05) is 0 Å². The molecule has 0 aromatic rings. The molecule has 0 saturated heterocycles. The first-order valence-electron chi connectivity index (χ1n) is 4.91. The first-order valence-corrected chi connectivity index (χ1v) is 6.84. The molecule has 0 rings (SSSR count). The van der Waals surface area contributed by atoms with E-state index < -0.39 is 34.2 Å². The van der Waals surface area contributed by atoms with Crippen LogP contribution in [0.2, 0.25) is 6.04 Å². The highest BCUT2D eigenvalue weighted by molar-refractivity contribution is 6.60. The quantitative estimate of drug-likeness (QED) is 0.595. The first kappa shape index (κ1) is 15.9. The van der Waals surface area contributed by atoms with Gasteiger partial charge in [-0.3, -0.25) is 13.2 Å². The Balaban J connectivity index is 4.48. The molecule has 0 spiro atoms. The summed E-state index contributed by atoms with van der Waals surface area (Å²) in [4.78, 5) is 0. The molecule has 0 aliphatic rings. The zero-order valence-corrected chi connectivity index (χ0v) is 10.9. The standard InChI is InChI=1S/C9H19F3O3Si/c1-13-16(14-2,15-3)5-4-9(6-10,7-11)8-12/h4-8H2,1-3H3. The number of hydrogen-bond donors (Lipinski definition) is 0. The third-order valence-electron chi connectivity index (χ3n) is 2.74. The molecule has 0 aliphatic carbocycles. The average Bonchev–Trinajstić information content (AvgIpc) is 2.37. The van der Waals surface area contributed by atoms with Crippen molar-refractivity contribution in [3.05, 3.63) is 0 Å². The fourth-order valence-electron chi connectivity index (χ4n) is 1.28. The van der Waals surface area contributed by atoms with Crippen molar-refractivity contribution in [1.82, 2.24) is 0 Å². The van der Waals surface area contributed by atoms with Crippen molar-refractivity contribution in [2.24, 2.45) is 5.41 Å². The summed E-state index contributed by atoms with van der Waals surface area (Å²) in [6, 6.07) is 0.189. The van der Waals surface area contributed by atoms with E-state index in [0.717, 1.165) is 0 Å². The van der Waals surface area contributed by atoms with E-state index in [4.69, 9.17) is 13.3 Å². The molecule has 0 aliphatic heterocycles. The van der Waals surface area contributed by atoms with Crippen molar-refractivity contribution in [1.29, 1.82) is 0 Å². The molecular weight excluding hydrogens is 241 g/mol. The molecule has 16 heavy (non-hydrogen) atoms. The SMILES string of the molecule is CO[Si](CCC(CF)(CF)CF)(OC)OC. The zero-order chi connectivity index (χ0) is 12.7. The molecule has 0 N–H and O–H groups in total. The van der Waals surface area contributed by atoms with E-state index in [1.54, 1.807) is 0 Å². The summed E-state index contributed by atoms with van der Waals surface area (Å²) in [5, 5.41) is 0. The molecule has 0 atom stereocenters. The largest absolute Gasteiger partial charge is 0.500 e. The van der Waals surface area contributed by atoms with Gasteiger partial charge in [0.15, 0.2) is 0 Å². The molecule has 0 bridgehead atoms. The van der Waals surface area contributed by atoms with Crippen molar-refractivity contribution in [2.75, 3.05) is 41.4 Å². The third-order valence-corrected chi connectivity index (χ3v) is 5.47. The first-order chi connectivity index (χ1) is 7.57. The van der Waals surface area contributed by atoms with Crippen LogP contribution in [-0.2, 0) is 13.3 Å². The Labute approximate surface area is 95.2 Å². The maximum absolute atomic E-state index is 12.6. The van der Waals surface area contributed by atoms with Crippen LogP contribution in [0.1, 0.15) is 6.42 Å². The summed E-state index contributed by atoms with van der Waals surface area (Å²) in [6.45, 7) is -3.12. The zero-order valence-electron chi connectivity index (χ0n) is 9.89. The molecule has 0 aromatic carbocycles. The van der Waals surface area contributed by atoms with Gasteiger partial charge in [0.25, 0.3) is 0 Å². The van der Waals surface area contributed by atoms with Gasteiger partial charge in [0.1, 0.15) is 20.0 Å². The van der Waals surface area contributed by atoms with Gasteiger partial charge in [-0.2, -0.15) is 0 Å². The van der Waals surface area contributed by atoms with Crippen molar-refractivity contribution in [2.45, 2.75) is 12.5 Å². The number of alkyl halides is 3. The predicted octanol–water partition coefficient (Wildman–Crippen LogP) is 2.15. The normalized spacial score (nSPS) is 13.1. The lowest BCUT2D eigenvalue weighted by Gasteiger charge is -2.29. The second kappa shape index (κ2) is 7.26. The topological polar surface area (TPSA) is 27.7 Å². The Kier molecular flexibility index (Phi) is 7.21. The fourth-order valence-corrected chi connectivity index (χ4v) is 3.23. The van der Waals surface area contributed by atoms with Crippen LogP contribution in [-0.4, -0.2) is 50.2 Å². The monoisotopic (exact) mass is 260 g/mol. The van der Waals surface area contributed by atoms with Crippen LogP contribution in [0.3, 0.4) is 0 Å². The highest BCUT2D eigenvalue weighted by Crippen LogP contribution is 2.30. The maximum Gasteiger partial charge on any atom is 0.500 e. The van der Waals surface area contributed by atoms with E-state index in [2.05, 4.69) is 0 Å². The lowest BCUT2D eigenvalue weighted by Crippen LogP contribution is -2.44. The van der Waals surface area contributed by atoms with Crippen LogP contribution in [0, 0.1) is 5.41 Å². The minimum absolute atomic E-state index is 0.00174. The van der Waals surface area contributed by atoms with Crippen molar-refractivity contribution in [3.8, 4) is 0 Å². The van der Waals surface area contributed by atoms with Gasteiger partial charge in [-0.25, -0.2) is 0 Å². The predicted molar refractivity (Wildman–Crippen MR) is 56.6 cm³/mol. The Morgan fingerprint density at radius 3 is 1.50 bits per heavy atom. The van der Waals surface area contributed by atoms with Gasteiger partial charge in [0, 0.05) is 27.4 Å². The summed E-state index contributed by atoms with van der Waals surface area (Å²) >= 11 is 0. The van der Waals surface area contributed by atoms with Gasteiger partial charge >= 0.3 is 8.80 Å². The molecule has 0 saturated carbocycles. The smallest absolute Gasteiger partial charge is 0.377 e. The molecule has 0 amide bonds. The summed E-state index contributed by atoms with van der Waals surface area (Å²) < 4.78 is 53.1. The van der Waals surface area contributed by atoms with Crippen molar-refractivity contribution >= 4 is 8.80 Å². The van der Waals surface area contributed by atoms with Crippen molar-refractivity contribution < 1.29 is 26.4 Å². The summed E-state index contributed by atoms with van der Waals surface area (Å²) in [6.07, 6.45) is -0.00174. The van der Waals surface area contributed by atoms with Crippen LogP contribution in [0.4, 0.5) is 13.2 Å². The van der Waals surface area contributed by atoms with E-state index in [1.165, 1.54) is 21.3 Å². The van der Waals surface area contributed by atoms with Gasteiger partial charge in [-0.15, -0.1) is 0 Å². The molecular formula is C9H19F3O3Si. The van der Waals surface area contributed by atoms with E-state index in [-0.39, 0.29) is 12.5 Å². The van der Waals surface area contributed by atoms with Crippen LogP contribution >= 0.6 is 0 Å². The summed E-state index contributed by atoms with van der Waals surface area (Å²) in [5.41, 5.74) is -1.58. The van der Waals surface area contributed by atoms with E-state index in [0.29, 0.717) is 0 Å². The fraction of sp³-hybridized carbons (Fsp3) is 1.00. The minimum atomic E-state index is -2.88. The lowest BCUT2D eigenvalue weighted by atomic mass is 9.90. The minimum Gasteiger partial charge on any atom is -0.377 e. The van der Waals surface area contributed by atoms with Crippen LogP contribution in [0.5, 0.6) is 0 Å². The van der Waals surface area contributed by atoms with Gasteiger partial charge in [-0.05, 0) is 6.42 Å². The second-order valence-electron chi connectivity index (χ2n) is 3.70.